The Bertz CT molecular complexity index is 714. The van der Waals surface area contributed by atoms with Crippen LogP contribution < -0.4 is 20.3 Å². The summed E-state index contributed by atoms with van der Waals surface area (Å²) in [5.41, 5.74) is 3.30. The minimum atomic E-state index is 0.632. The maximum atomic E-state index is 5.74. The summed E-state index contributed by atoms with van der Waals surface area (Å²) >= 11 is 0. The van der Waals surface area contributed by atoms with Gasteiger partial charge in [-0.1, -0.05) is 18.2 Å². The Morgan fingerprint density at radius 3 is 2.52 bits per heavy atom. The first-order valence-corrected chi connectivity index (χ1v) is 9.08. The van der Waals surface area contributed by atoms with Crippen molar-refractivity contribution in [3.8, 4) is 5.75 Å². The largest absolute Gasteiger partial charge is 0.493 e. The maximum absolute atomic E-state index is 5.74. The van der Waals surface area contributed by atoms with E-state index in [9.17, 15) is 0 Å². The molecule has 0 saturated carbocycles. The summed E-state index contributed by atoms with van der Waals surface area (Å²) in [6, 6.07) is 16.3. The average Bonchev–Trinajstić information content (AvgIpc) is 2.69. The van der Waals surface area contributed by atoms with Gasteiger partial charge in [-0.05, 0) is 29.8 Å². The Morgan fingerprint density at radius 1 is 1.07 bits per heavy atom. The van der Waals surface area contributed by atoms with Crippen molar-refractivity contribution in [3.63, 3.8) is 0 Å². The number of nitrogens with one attached hydrogen (secondary N) is 2. The van der Waals surface area contributed by atoms with Crippen LogP contribution in [0, 0.1) is 0 Å². The highest BCUT2D eigenvalue weighted by molar-refractivity contribution is 5.93. The average molecular weight is 370 g/mol. The van der Waals surface area contributed by atoms with E-state index in [0.717, 1.165) is 17.9 Å². The molecule has 6 nitrogen and oxygen atoms in total. The Morgan fingerprint density at radius 2 is 1.85 bits per heavy atom. The highest BCUT2D eigenvalue weighted by Gasteiger charge is 2.02. The van der Waals surface area contributed by atoms with Crippen LogP contribution in [0.2, 0.25) is 0 Å². The zero-order valence-corrected chi connectivity index (χ0v) is 16.7. The number of anilines is 2. The molecule has 0 radical (unpaired) electrons. The van der Waals surface area contributed by atoms with Gasteiger partial charge in [-0.15, -0.1) is 0 Å². The summed E-state index contributed by atoms with van der Waals surface area (Å²) < 4.78 is 10.8. The number of nitrogens with zero attached hydrogens (tertiary/aromatic N) is 2. The minimum absolute atomic E-state index is 0.632. The van der Waals surface area contributed by atoms with Crippen LogP contribution in [-0.2, 0) is 11.3 Å². The Balaban J connectivity index is 1.87. The van der Waals surface area contributed by atoms with Crippen LogP contribution in [0.5, 0.6) is 5.75 Å². The molecule has 0 aliphatic carbocycles. The van der Waals surface area contributed by atoms with Gasteiger partial charge in [0.15, 0.2) is 5.96 Å². The number of benzene rings is 2. The molecule has 0 aliphatic heterocycles. The van der Waals surface area contributed by atoms with E-state index in [4.69, 9.17) is 9.47 Å². The van der Waals surface area contributed by atoms with E-state index in [-0.39, 0.29) is 0 Å². The lowest BCUT2D eigenvalue weighted by atomic mass is 10.2. The van der Waals surface area contributed by atoms with Gasteiger partial charge >= 0.3 is 0 Å². The Hall–Kier alpha value is -2.73. The fourth-order valence-corrected chi connectivity index (χ4v) is 2.47. The lowest BCUT2D eigenvalue weighted by molar-refractivity contribution is 0.172. The maximum Gasteiger partial charge on any atom is 0.195 e. The Labute approximate surface area is 162 Å². The second kappa shape index (κ2) is 11.1. The number of hydrogen-bond donors (Lipinski definition) is 2. The smallest absolute Gasteiger partial charge is 0.195 e. The third-order valence-corrected chi connectivity index (χ3v) is 3.99. The zero-order chi connectivity index (χ0) is 19.5. The molecule has 0 aromatic heterocycles. The van der Waals surface area contributed by atoms with Crippen molar-refractivity contribution >= 4 is 17.3 Å². The van der Waals surface area contributed by atoms with Crippen molar-refractivity contribution in [1.82, 2.24) is 5.32 Å². The predicted octanol–water partition coefficient (Wildman–Crippen LogP) is 3.36. The molecule has 0 atom stereocenters. The van der Waals surface area contributed by atoms with Crippen LogP contribution in [-0.4, -0.2) is 47.4 Å². The lowest BCUT2D eigenvalue weighted by Crippen LogP contribution is -2.30. The predicted molar refractivity (Wildman–Crippen MR) is 113 cm³/mol. The van der Waals surface area contributed by atoms with Gasteiger partial charge in [0.25, 0.3) is 0 Å². The van der Waals surface area contributed by atoms with Gasteiger partial charge in [0.1, 0.15) is 5.75 Å². The number of ether oxygens (including phenoxy) is 2. The van der Waals surface area contributed by atoms with Crippen LogP contribution in [0.15, 0.2) is 53.5 Å². The molecule has 0 unspecified atom stereocenters. The first-order valence-electron chi connectivity index (χ1n) is 9.08. The topological polar surface area (TPSA) is 58.1 Å². The Kier molecular flexibility index (Phi) is 8.45. The van der Waals surface area contributed by atoms with Crippen LogP contribution in [0.3, 0.4) is 0 Å². The van der Waals surface area contributed by atoms with Crippen LogP contribution in [0.25, 0.3) is 0 Å². The van der Waals surface area contributed by atoms with Crippen LogP contribution in [0.1, 0.15) is 12.0 Å². The summed E-state index contributed by atoms with van der Waals surface area (Å²) in [5.74, 6) is 1.54. The van der Waals surface area contributed by atoms with Gasteiger partial charge in [-0.3, -0.25) is 4.99 Å². The van der Waals surface area contributed by atoms with Gasteiger partial charge in [-0.25, -0.2) is 0 Å². The number of hydrogen-bond acceptors (Lipinski definition) is 4. The van der Waals surface area contributed by atoms with E-state index in [1.807, 2.05) is 38.4 Å². The van der Waals surface area contributed by atoms with E-state index in [2.05, 4.69) is 44.8 Å². The summed E-state index contributed by atoms with van der Waals surface area (Å²) in [4.78, 5) is 6.37. The summed E-state index contributed by atoms with van der Waals surface area (Å²) in [7, 11) is 7.53. The minimum Gasteiger partial charge on any atom is -0.493 e. The molecule has 27 heavy (non-hydrogen) atoms. The standard InChI is InChI=1S/C21H30N4O2/c1-22-21(23-16-17-9-11-19(12-10-17)25(2)3)24-18-7-5-8-20(15-18)27-14-6-13-26-4/h5,7-12,15H,6,13-14,16H2,1-4H3,(H2,22,23,24). The number of aliphatic imine (C=N–C) groups is 1. The normalized spacial score (nSPS) is 11.2. The molecular weight excluding hydrogens is 340 g/mol. The quantitative estimate of drug-likeness (QED) is 0.403. The molecule has 0 bridgehead atoms. The highest BCUT2D eigenvalue weighted by Crippen LogP contribution is 2.17. The van der Waals surface area contributed by atoms with E-state index in [1.165, 1.54) is 11.3 Å². The first-order chi connectivity index (χ1) is 13.1. The molecule has 0 saturated heterocycles. The van der Waals surface area contributed by atoms with Crippen molar-refractivity contribution in [2.24, 2.45) is 4.99 Å². The highest BCUT2D eigenvalue weighted by atomic mass is 16.5. The molecule has 2 aromatic carbocycles. The molecule has 0 heterocycles. The van der Waals surface area contributed by atoms with Gasteiger partial charge < -0.3 is 25.0 Å². The second-order valence-corrected chi connectivity index (χ2v) is 6.33. The van der Waals surface area contributed by atoms with Crippen molar-refractivity contribution in [1.29, 1.82) is 0 Å². The molecule has 0 aliphatic rings. The van der Waals surface area contributed by atoms with Crippen molar-refractivity contribution < 1.29 is 9.47 Å². The number of guanidine groups is 1. The van der Waals surface area contributed by atoms with E-state index < -0.39 is 0 Å². The molecule has 2 aromatic rings. The second-order valence-electron chi connectivity index (χ2n) is 6.33. The monoisotopic (exact) mass is 370 g/mol. The van der Waals surface area contributed by atoms with Gasteiger partial charge in [0.2, 0.25) is 0 Å². The van der Waals surface area contributed by atoms with Crippen molar-refractivity contribution in [2.75, 3.05) is 51.7 Å². The fraction of sp³-hybridized carbons (Fsp3) is 0.381. The number of methoxy groups -OCH3 is 1. The molecule has 146 valence electrons. The fourth-order valence-electron chi connectivity index (χ4n) is 2.47. The summed E-state index contributed by atoms with van der Waals surface area (Å²) in [6.45, 7) is 2.03. The van der Waals surface area contributed by atoms with E-state index >= 15 is 0 Å². The van der Waals surface area contributed by atoms with Crippen LogP contribution in [0.4, 0.5) is 11.4 Å². The van der Waals surface area contributed by atoms with Gasteiger partial charge in [-0.2, -0.15) is 0 Å². The molecule has 6 heteroatoms. The van der Waals surface area contributed by atoms with Crippen LogP contribution >= 0.6 is 0 Å². The zero-order valence-electron chi connectivity index (χ0n) is 16.7. The molecule has 0 spiro atoms. The molecular formula is C21H30N4O2. The third kappa shape index (κ3) is 7.19. The van der Waals surface area contributed by atoms with Gasteiger partial charge in [0, 0.05) is 65.3 Å². The van der Waals surface area contributed by atoms with E-state index in [1.54, 1.807) is 14.2 Å². The van der Waals surface area contributed by atoms with Gasteiger partial charge in [0.05, 0.1) is 6.61 Å². The SMILES string of the molecule is CN=C(NCc1ccc(N(C)C)cc1)Nc1cccc(OCCCOC)c1. The van der Waals surface area contributed by atoms with Crippen molar-refractivity contribution in [2.45, 2.75) is 13.0 Å². The molecule has 0 fully saturated rings. The van der Waals surface area contributed by atoms with E-state index in [0.29, 0.717) is 25.7 Å². The molecule has 2 rings (SSSR count). The molecule has 2 N–H and O–H groups in total. The summed E-state index contributed by atoms with van der Waals surface area (Å²) in [6.07, 6.45) is 0.865. The molecule has 0 amide bonds. The third-order valence-electron chi connectivity index (χ3n) is 3.99. The summed E-state index contributed by atoms with van der Waals surface area (Å²) in [5, 5.41) is 6.63. The van der Waals surface area contributed by atoms with Crippen molar-refractivity contribution in [3.05, 3.63) is 54.1 Å². The number of rotatable bonds is 9. The first kappa shape index (κ1) is 20.6. The lowest BCUT2D eigenvalue weighted by Gasteiger charge is -2.15.